The van der Waals surface area contributed by atoms with Crippen molar-refractivity contribution in [2.24, 2.45) is 5.73 Å². The number of carbonyl (C=O) groups excluding carboxylic acids is 4. The SMILES string of the molecule is COC(=O)c1cccc(CN2C(=O)OC[C@H]2C(=O)NCC(N)=O)c1. The summed E-state index contributed by atoms with van der Waals surface area (Å²) in [4.78, 5) is 47.4. The quantitative estimate of drug-likeness (QED) is 0.668. The summed E-state index contributed by atoms with van der Waals surface area (Å²) >= 11 is 0. The van der Waals surface area contributed by atoms with Gasteiger partial charge >= 0.3 is 12.1 Å². The predicted octanol–water partition coefficient (Wildman–Crippen LogP) is -0.604. The minimum absolute atomic E-state index is 0.0678. The zero-order valence-corrected chi connectivity index (χ0v) is 13.0. The van der Waals surface area contributed by atoms with E-state index < -0.39 is 29.9 Å². The molecule has 1 atom stereocenters. The van der Waals surface area contributed by atoms with E-state index in [2.05, 4.69) is 10.1 Å². The van der Waals surface area contributed by atoms with Crippen LogP contribution < -0.4 is 11.1 Å². The van der Waals surface area contributed by atoms with E-state index in [-0.39, 0.29) is 19.7 Å². The Morgan fingerprint density at radius 3 is 2.83 bits per heavy atom. The first-order valence-electron chi connectivity index (χ1n) is 7.09. The van der Waals surface area contributed by atoms with Gasteiger partial charge in [-0.3, -0.25) is 14.5 Å². The Balaban J connectivity index is 2.11. The maximum Gasteiger partial charge on any atom is 0.410 e. The number of nitrogens with zero attached hydrogens (tertiary/aromatic N) is 1. The van der Waals surface area contributed by atoms with E-state index in [0.29, 0.717) is 11.1 Å². The van der Waals surface area contributed by atoms with Crippen molar-refractivity contribution < 1.29 is 28.7 Å². The molecule has 24 heavy (non-hydrogen) atoms. The fourth-order valence-electron chi connectivity index (χ4n) is 2.25. The highest BCUT2D eigenvalue weighted by atomic mass is 16.6. The summed E-state index contributed by atoms with van der Waals surface area (Å²) in [7, 11) is 1.27. The smallest absolute Gasteiger partial charge is 0.410 e. The molecule has 1 saturated heterocycles. The molecule has 9 nitrogen and oxygen atoms in total. The summed E-state index contributed by atoms with van der Waals surface area (Å²) < 4.78 is 9.54. The maximum atomic E-state index is 12.1. The van der Waals surface area contributed by atoms with Gasteiger partial charge in [0.1, 0.15) is 12.6 Å². The van der Waals surface area contributed by atoms with Crippen LogP contribution in [0.4, 0.5) is 4.79 Å². The summed E-state index contributed by atoms with van der Waals surface area (Å²) in [5, 5.41) is 2.34. The van der Waals surface area contributed by atoms with Crippen molar-refractivity contribution >= 4 is 23.9 Å². The van der Waals surface area contributed by atoms with E-state index in [0.717, 1.165) is 0 Å². The first-order valence-corrected chi connectivity index (χ1v) is 7.09. The van der Waals surface area contributed by atoms with Gasteiger partial charge in [0.2, 0.25) is 11.8 Å². The average molecular weight is 335 g/mol. The van der Waals surface area contributed by atoms with E-state index in [1.54, 1.807) is 24.3 Å². The van der Waals surface area contributed by atoms with Crippen molar-refractivity contribution in [2.45, 2.75) is 12.6 Å². The van der Waals surface area contributed by atoms with Gasteiger partial charge in [-0.15, -0.1) is 0 Å². The standard InChI is InChI=1S/C15H17N3O6/c1-23-14(21)10-4-2-3-9(5-10)7-18-11(8-24-15(18)22)13(20)17-6-12(16)19/h2-5,11H,6-8H2,1H3,(H2,16,19)(H,17,20)/t11-/m0/s1. The molecule has 1 fully saturated rings. The minimum Gasteiger partial charge on any atom is -0.465 e. The van der Waals surface area contributed by atoms with Crippen LogP contribution in [0.2, 0.25) is 0 Å². The second-order valence-corrected chi connectivity index (χ2v) is 5.10. The summed E-state index contributed by atoms with van der Waals surface area (Å²) in [6.07, 6.45) is -0.655. The summed E-state index contributed by atoms with van der Waals surface area (Å²) in [5.41, 5.74) is 5.93. The Kier molecular flexibility index (Phi) is 5.35. The number of primary amides is 1. The molecule has 1 heterocycles. The van der Waals surface area contributed by atoms with E-state index in [9.17, 15) is 19.2 Å². The number of nitrogens with one attached hydrogen (secondary N) is 1. The third-order valence-electron chi connectivity index (χ3n) is 3.42. The lowest BCUT2D eigenvalue weighted by Gasteiger charge is -2.20. The van der Waals surface area contributed by atoms with Crippen molar-refractivity contribution in [3.63, 3.8) is 0 Å². The second-order valence-electron chi connectivity index (χ2n) is 5.10. The van der Waals surface area contributed by atoms with Gasteiger partial charge in [-0.25, -0.2) is 9.59 Å². The van der Waals surface area contributed by atoms with E-state index in [1.807, 2.05) is 0 Å². The van der Waals surface area contributed by atoms with Crippen LogP contribution in [0.1, 0.15) is 15.9 Å². The predicted molar refractivity (Wildman–Crippen MR) is 80.7 cm³/mol. The van der Waals surface area contributed by atoms with E-state index in [4.69, 9.17) is 10.5 Å². The van der Waals surface area contributed by atoms with Crippen LogP contribution in [0.5, 0.6) is 0 Å². The number of cyclic esters (lactones) is 1. The number of ether oxygens (including phenoxy) is 2. The molecule has 0 unspecified atom stereocenters. The fraction of sp³-hybridized carbons (Fsp3) is 0.333. The van der Waals surface area contributed by atoms with Gasteiger partial charge in [-0.2, -0.15) is 0 Å². The number of nitrogens with two attached hydrogens (primary N) is 1. The number of hydrogen-bond acceptors (Lipinski definition) is 6. The largest absolute Gasteiger partial charge is 0.465 e. The lowest BCUT2D eigenvalue weighted by molar-refractivity contribution is -0.127. The van der Waals surface area contributed by atoms with Crippen LogP contribution in [0, 0.1) is 0 Å². The van der Waals surface area contributed by atoms with Gasteiger partial charge in [-0.1, -0.05) is 12.1 Å². The molecule has 0 spiro atoms. The van der Waals surface area contributed by atoms with Gasteiger partial charge < -0.3 is 20.5 Å². The molecule has 2 rings (SSSR count). The zero-order chi connectivity index (χ0) is 17.7. The molecule has 0 aromatic heterocycles. The molecule has 1 aromatic rings. The zero-order valence-electron chi connectivity index (χ0n) is 13.0. The maximum absolute atomic E-state index is 12.1. The Labute approximate surface area is 137 Å². The highest BCUT2D eigenvalue weighted by Crippen LogP contribution is 2.18. The van der Waals surface area contributed by atoms with Crippen molar-refractivity contribution in [3.8, 4) is 0 Å². The Morgan fingerprint density at radius 1 is 1.42 bits per heavy atom. The van der Waals surface area contributed by atoms with Gasteiger partial charge in [0, 0.05) is 0 Å². The first kappa shape index (κ1) is 17.3. The van der Waals surface area contributed by atoms with Gasteiger partial charge in [0.25, 0.3) is 0 Å². The monoisotopic (exact) mass is 335 g/mol. The molecule has 3 amide bonds. The number of carbonyl (C=O) groups is 4. The lowest BCUT2D eigenvalue weighted by atomic mass is 10.1. The summed E-state index contributed by atoms with van der Waals surface area (Å²) in [5.74, 6) is -1.73. The molecule has 0 radical (unpaired) electrons. The van der Waals surface area contributed by atoms with E-state index >= 15 is 0 Å². The Hall–Kier alpha value is -3.10. The molecule has 1 aliphatic heterocycles. The highest BCUT2D eigenvalue weighted by Gasteiger charge is 2.38. The topological polar surface area (TPSA) is 128 Å². The fourth-order valence-corrected chi connectivity index (χ4v) is 2.25. The first-order chi connectivity index (χ1) is 11.4. The molecular weight excluding hydrogens is 318 g/mol. The van der Waals surface area contributed by atoms with Gasteiger partial charge in [0.05, 0.1) is 25.8 Å². The molecule has 9 heteroatoms. The van der Waals surface area contributed by atoms with Crippen molar-refractivity contribution in [3.05, 3.63) is 35.4 Å². The number of hydrogen-bond donors (Lipinski definition) is 2. The Bertz CT molecular complexity index is 675. The molecule has 0 aliphatic carbocycles. The summed E-state index contributed by atoms with van der Waals surface area (Å²) in [6.45, 7) is -0.381. The Morgan fingerprint density at radius 2 is 2.17 bits per heavy atom. The molecule has 1 aromatic carbocycles. The van der Waals surface area contributed by atoms with Gasteiger partial charge in [0.15, 0.2) is 0 Å². The highest BCUT2D eigenvalue weighted by molar-refractivity contribution is 5.91. The molecule has 1 aliphatic rings. The molecular formula is C15H17N3O6. The van der Waals surface area contributed by atoms with Crippen LogP contribution in [-0.2, 0) is 25.6 Å². The van der Waals surface area contributed by atoms with Crippen LogP contribution >= 0.6 is 0 Å². The molecule has 3 N–H and O–H groups in total. The van der Waals surface area contributed by atoms with Crippen LogP contribution in [0.15, 0.2) is 24.3 Å². The number of rotatable bonds is 6. The third-order valence-corrected chi connectivity index (χ3v) is 3.42. The average Bonchev–Trinajstić information content (AvgIpc) is 2.93. The van der Waals surface area contributed by atoms with Crippen LogP contribution in [-0.4, -0.2) is 55.1 Å². The van der Waals surface area contributed by atoms with Gasteiger partial charge in [-0.05, 0) is 17.7 Å². The second kappa shape index (κ2) is 7.44. The third kappa shape index (κ3) is 4.00. The number of benzene rings is 1. The number of methoxy groups -OCH3 is 1. The molecule has 0 bridgehead atoms. The minimum atomic E-state index is -0.876. The van der Waals surface area contributed by atoms with Crippen molar-refractivity contribution in [1.82, 2.24) is 10.2 Å². The number of esters is 1. The number of amides is 3. The molecule has 128 valence electrons. The summed E-state index contributed by atoms with van der Waals surface area (Å²) in [6, 6.07) is 5.62. The van der Waals surface area contributed by atoms with Crippen LogP contribution in [0.25, 0.3) is 0 Å². The van der Waals surface area contributed by atoms with Crippen LogP contribution in [0.3, 0.4) is 0 Å². The lowest BCUT2D eigenvalue weighted by Crippen LogP contribution is -2.47. The normalized spacial score (nSPS) is 16.5. The van der Waals surface area contributed by atoms with Crippen molar-refractivity contribution in [2.75, 3.05) is 20.3 Å². The molecule has 0 saturated carbocycles. The van der Waals surface area contributed by atoms with E-state index in [1.165, 1.54) is 12.0 Å². The van der Waals surface area contributed by atoms with Crippen molar-refractivity contribution in [1.29, 1.82) is 0 Å².